The van der Waals surface area contributed by atoms with Gasteiger partial charge in [-0.25, -0.2) is 4.79 Å². The second-order valence-electron chi connectivity index (χ2n) is 13.5. The van der Waals surface area contributed by atoms with Gasteiger partial charge >= 0.3 is 18.0 Å². The molecule has 0 spiro atoms. The van der Waals surface area contributed by atoms with E-state index in [1.165, 1.54) is 70.6 Å². The fourth-order valence-corrected chi connectivity index (χ4v) is 5.51. The monoisotopic (exact) mass is 715 g/mol. The van der Waals surface area contributed by atoms with Gasteiger partial charge in [-0.1, -0.05) is 131 Å². The molecule has 10 nitrogen and oxygen atoms in total. The summed E-state index contributed by atoms with van der Waals surface area (Å²) >= 11 is 0. The van der Waals surface area contributed by atoms with E-state index in [1.807, 2.05) is 0 Å². The fourth-order valence-electron chi connectivity index (χ4n) is 5.51. The molecule has 0 saturated carbocycles. The second kappa shape index (κ2) is 36.9. The Bertz CT molecular complexity index is 762. The minimum absolute atomic E-state index is 0.0139. The minimum atomic E-state index is -0.542. The molecule has 0 aromatic carbocycles. The third kappa shape index (κ3) is 32.0. The van der Waals surface area contributed by atoms with Crippen molar-refractivity contribution in [2.24, 2.45) is 5.92 Å². The SMILES string of the molecule is CCCCCCCCOC(CCC(=O)OCC(COC(=O)CCCCCCCC)COC(=O)NCCN(CC)CC)OCCCCCCCC. The van der Waals surface area contributed by atoms with E-state index in [2.05, 4.69) is 44.8 Å². The lowest BCUT2D eigenvalue weighted by Gasteiger charge is -2.20. The van der Waals surface area contributed by atoms with Gasteiger partial charge in [0.2, 0.25) is 0 Å². The normalized spacial score (nSPS) is 12.0. The standard InChI is InChI=1S/C40H78N2O8/c1-6-11-14-17-20-23-26-37(43)48-33-36(35-50-40(45)41-29-30-42(9-4)10-5)34-49-38(44)27-28-39(46-31-24-21-18-15-12-7-2)47-32-25-22-19-16-13-8-3/h36,39H,6-35H2,1-5H3,(H,41,45). The van der Waals surface area contributed by atoms with Crippen LogP contribution >= 0.6 is 0 Å². The van der Waals surface area contributed by atoms with Gasteiger partial charge in [-0.3, -0.25) is 9.59 Å². The van der Waals surface area contributed by atoms with Crippen molar-refractivity contribution in [2.75, 3.05) is 59.2 Å². The van der Waals surface area contributed by atoms with E-state index in [-0.39, 0.29) is 38.2 Å². The van der Waals surface area contributed by atoms with Gasteiger partial charge in [-0.15, -0.1) is 0 Å². The first-order chi connectivity index (χ1) is 24.4. The van der Waals surface area contributed by atoms with E-state index in [0.29, 0.717) is 32.6 Å². The van der Waals surface area contributed by atoms with Crippen molar-refractivity contribution in [3.8, 4) is 0 Å². The molecule has 0 aromatic heterocycles. The number of hydrogen-bond acceptors (Lipinski definition) is 9. The number of carbonyl (C=O) groups excluding carboxylic acids is 3. The van der Waals surface area contributed by atoms with Gasteiger partial charge < -0.3 is 33.9 Å². The van der Waals surface area contributed by atoms with Gasteiger partial charge in [0.15, 0.2) is 6.29 Å². The molecule has 1 amide bonds. The van der Waals surface area contributed by atoms with Crippen molar-refractivity contribution < 1.29 is 38.1 Å². The number of esters is 2. The molecule has 0 saturated heterocycles. The van der Waals surface area contributed by atoms with Crippen LogP contribution in [0, 0.1) is 5.92 Å². The molecule has 296 valence electrons. The Morgan fingerprint density at radius 2 is 0.980 bits per heavy atom. The average Bonchev–Trinajstić information content (AvgIpc) is 3.12. The molecule has 1 unspecified atom stereocenters. The van der Waals surface area contributed by atoms with Crippen LogP contribution in [0.15, 0.2) is 0 Å². The van der Waals surface area contributed by atoms with Crippen LogP contribution in [0.5, 0.6) is 0 Å². The van der Waals surface area contributed by atoms with Crippen LogP contribution in [0.3, 0.4) is 0 Å². The third-order valence-electron chi connectivity index (χ3n) is 8.92. The lowest BCUT2D eigenvalue weighted by Crippen LogP contribution is -2.36. The molecule has 0 bridgehead atoms. The summed E-state index contributed by atoms with van der Waals surface area (Å²) in [7, 11) is 0. The summed E-state index contributed by atoms with van der Waals surface area (Å²) in [6.07, 6.45) is 20.6. The van der Waals surface area contributed by atoms with E-state index in [1.54, 1.807) is 0 Å². The summed E-state index contributed by atoms with van der Waals surface area (Å²) in [4.78, 5) is 39.8. The van der Waals surface area contributed by atoms with Gasteiger partial charge in [-0.2, -0.15) is 0 Å². The second-order valence-corrected chi connectivity index (χ2v) is 13.5. The highest BCUT2D eigenvalue weighted by molar-refractivity contribution is 5.70. The molecule has 50 heavy (non-hydrogen) atoms. The van der Waals surface area contributed by atoms with Crippen LogP contribution in [0.1, 0.15) is 169 Å². The predicted molar refractivity (Wildman–Crippen MR) is 202 cm³/mol. The quantitative estimate of drug-likeness (QED) is 0.0291. The molecule has 0 fully saturated rings. The molecule has 0 aromatic rings. The zero-order valence-electron chi connectivity index (χ0n) is 33.1. The molecular weight excluding hydrogens is 636 g/mol. The Labute approximate surface area is 306 Å². The maximum absolute atomic E-state index is 12.8. The first-order valence-corrected chi connectivity index (χ1v) is 20.6. The molecule has 0 aliphatic rings. The number of nitrogens with zero attached hydrogens (tertiary/aromatic N) is 1. The molecule has 10 heteroatoms. The van der Waals surface area contributed by atoms with Crippen molar-refractivity contribution in [3.05, 3.63) is 0 Å². The number of hydrogen-bond donors (Lipinski definition) is 1. The molecular formula is C40H78N2O8. The van der Waals surface area contributed by atoms with Gasteiger partial charge in [0.05, 0.1) is 12.3 Å². The van der Waals surface area contributed by atoms with E-state index >= 15 is 0 Å². The Morgan fingerprint density at radius 3 is 1.48 bits per heavy atom. The van der Waals surface area contributed by atoms with Crippen molar-refractivity contribution in [1.82, 2.24) is 10.2 Å². The van der Waals surface area contributed by atoms with Crippen molar-refractivity contribution >= 4 is 18.0 Å². The number of carbonyl (C=O) groups is 3. The maximum atomic E-state index is 12.8. The van der Waals surface area contributed by atoms with Crippen molar-refractivity contribution in [1.29, 1.82) is 0 Å². The Balaban J connectivity index is 4.89. The molecule has 0 rings (SSSR count). The van der Waals surface area contributed by atoms with Crippen LogP contribution in [0.25, 0.3) is 0 Å². The minimum Gasteiger partial charge on any atom is -0.465 e. The maximum Gasteiger partial charge on any atom is 0.407 e. The first kappa shape index (κ1) is 48.1. The lowest BCUT2D eigenvalue weighted by molar-refractivity contribution is -0.161. The van der Waals surface area contributed by atoms with Gasteiger partial charge in [0.25, 0.3) is 0 Å². The lowest BCUT2D eigenvalue weighted by atomic mass is 10.1. The molecule has 0 aliphatic carbocycles. The smallest absolute Gasteiger partial charge is 0.407 e. The largest absolute Gasteiger partial charge is 0.465 e. The Morgan fingerprint density at radius 1 is 0.540 bits per heavy atom. The average molecular weight is 715 g/mol. The number of rotatable bonds is 37. The highest BCUT2D eigenvalue weighted by atomic mass is 16.7. The van der Waals surface area contributed by atoms with Gasteiger partial charge in [0.1, 0.15) is 19.8 Å². The highest BCUT2D eigenvalue weighted by Gasteiger charge is 2.19. The summed E-state index contributed by atoms with van der Waals surface area (Å²) < 4.78 is 28.7. The summed E-state index contributed by atoms with van der Waals surface area (Å²) in [5.74, 6) is -1.13. The van der Waals surface area contributed by atoms with E-state index in [9.17, 15) is 14.4 Å². The van der Waals surface area contributed by atoms with Gasteiger partial charge in [0, 0.05) is 39.1 Å². The van der Waals surface area contributed by atoms with Crippen LogP contribution < -0.4 is 5.32 Å². The predicted octanol–water partition coefficient (Wildman–Crippen LogP) is 9.37. The molecule has 1 atom stereocenters. The summed E-state index contributed by atoms with van der Waals surface area (Å²) in [5, 5.41) is 2.77. The summed E-state index contributed by atoms with van der Waals surface area (Å²) in [5.41, 5.74) is 0. The zero-order valence-corrected chi connectivity index (χ0v) is 33.1. The third-order valence-corrected chi connectivity index (χ3v) is 8.92. The first-order valence-electron chi connectivity index (χ1n) is 20.6. The van der Waals surface area contributed by atoms with Crippen molar-refractivity contribution in [3.63, 3.8) is 0 Å². The number of alkyl carbamates (subject to hydrolysis) is 1. The van der Waals surface area contributed by atoms with E-state index in [4.69, 9.17) is 23.7 Å². The van der Waals surface area contributed by atoms with Crippen LogP contribution in [-0.4, -0.2) is 88.4 Å². The van der Waals surface area contributed by atoms with Crippen LogP contribution in [0.2, 0.25) is 0 Å². The Hall–Kier alpha value is -1.91. The summed E-state index contributed by atoms with van der Waals surface area (Å²) in [6.45, 7) is 15.0. The highest BCUT2D eigenvalue weighted by Crippen LogP contribution is 2.13. The molecule has 0 heterocycles. The topological polar surface area (TPSA) is 113 Å². The molecule has 0 radical (unpaired) electrons. The number of amides is 1. The zero-order chi connectivity index (χ0) is 36.9. The Kier molecular flexibility index (Phi) is 35.5. The van der Waals surface area contributed by atoms with E-state index in [0.717, 1.165) is 64.6 Å². The molecule has 0 aliphatic heterocycles. The number of nitrogens with one attached hydrogen (secondary N) is 1. The molecule has 1 N–H and O–H groups in total. The van der Waals surface area contributed by atoms with Crippen LogP contribution in [0.4, 0.5) is 4.79 Å². The van der Waals surface area contributed by atoms with Gasteiger partial charge in [-0.05, 0) is 32.4 Å². The number of ether oxygens (including phenoxy) is 5. The van der Waals surface area contributed by atoms with Crippen LogP contribution in [-0.2, 0) is 33.3 Å². The summed E-state index contributed by atoms with van der Waals surface area (Å²) in [6, 6.07) is 0. The number of unbranched alkanes of at least 4 members (excludes halogenated alkanes) is 15. The number of likely N-dealkylation sites (N-methyl/N-ethyl adjacent to an activating group) is 1. The van der Waals surface area contributed by atoms with Crippen molar-refractivity contribution in [2.45, 2.75) is 176 Å². The van der Waals surface area contributed by atoms with E-state index < -0.39 is 18.3 Å². The fraction of sp³-hybridized carbons (Fsp3) is 0.925.